The van der Waals surface area contributed by atoms with Gasteiger partial charge in [-0.05, 0) is 56.4 Å². The molecule has 1 saturated carbocycles. The van der Waals surface area contributed by atoms with Gasteiger partial charge in [0.1, 0.15) is 17.5 Å². The molecule has 4 aliphatic rings. The summed E-state index contributed by atoms with van der Waals surface area (Å²) in [5.41, 5.74) is -1.76. The summed E-state index contributed by atoms with van der Waals surface area (Å²) in [6, 6.07) is 4.80. The molecule has 3 heterocycles. The second kappa shape index (κ2) is 9.29. The van der Waals surface area contributed by atoms with E-state index in [2.05, 4.69) is 24.5 Å². The number of ether oxygens (including phenoxy) is 1. The van der Waals surface area contributed by atoms with Crippen LogP contribution in [0.2, 0.25) is 0 Å². The Morgan fingerprint density at radius 2 is 1.81 bits per heavy atom. The summed E-state index contributed by atoms with van der Waals surface area (Å²) in [5.74, 6) is -2.45. The first kappa shape index (κ1) is 24.9. The van der Waals surface area contributed by atoms with Crippen LogP contribution in [-0.2, 0) is 19.1 Å². The number of fused-ring (bicyclic) bond motifs is 1. The summed E-state index contributed by atoms with van der Waals surface area (Å²) >= 11 is 0. The van der Waals surface area contributed by atoms with Crippen molar-refractivity contribution in [2.45, 2.75) is 82.6 Å². The quantitative estimate of drug-likeness (QED) is 0.561. The number of likely N-dealkylation sites (tertiary alicyclic amines) is 1. The molecule has 5 atom stereocenters. The highest BCUT2D eigenvalue weighted by Crippen LogP contribution is 2.59. The Labute approximate surface area is 211 Å². The lowest BCUT2D eigenvalue weighted by molar-refractivity contribution is -0.144. The highest BCUT2D eigenvalue weighted by atomic mass is 19.1. The molecule has 2 bridgehead atoms. The van der Waals surface area contributed by atoms with Gasteiger partial charge in [0, 0.05) is 18.3 Å². The van der Waals surface area contributed by atoms with Crippen LogP contribution in [0.15, 0.2) is 36.4 Å². The number of nitrogens with one attached hydrogen (secondary N) is 2. The Morgan fingerprint density at radius 1 is 1.11 bits per heavy atom. The number of benzene rings is 1. The Kier molecular flexibility index (Phi) is 6.43. The van der Waals surface area contributed by atoms with Crippen molar-refractivity contribution in [1.29, 1.82) is 0 Å². The maximum absolute atomic E-state index is 13.9. The van der Waals surface area contributed by atoms with Gasteiger partial charge in [-0.15, -0.1) is 0 Å². The molecule has 194 valence electrons. The van der Waals surface area contributed by atoms with Gasteiger partial charge < -0.3 is 20.3 Å². The van der Waals surface area contributed by atoms with Crippen LogP contribution in [0.25, 0.3) is 0 Å². The average Bonchev–Trinajstić information content (AvgIpc) is 3.40. The molecule has 0 radical (unpaired) electrons. The minimum atomic E-state index is -1.19. The standard InChI is InChI=1S/C28H36FN3O4/c1-17(2)13-16-32-23(25(34)31-19-7-5-4-6-8-19)28-15-14-27(3,36-28)21(22(28)26(32)35)24(33)30-20-11-9-18(29)10-12-20/h9-12,14-15,17,19,21-23H,4-8,13,16H2,1-3H3,(H,30,33)(H,31,34)/t21-,22+,23+,27+,28-/m0/s1. The molecule has 3 aliphatic heterocycles. The predicted molar refractivity (Wildman–Crippen MR) is 133 cm³/mol. The molecular weight excluding hydrogens is 461 g/mol. The van der Waals surface area contributed by atoms with E-state index >= 15 is 0 Å². The smallest absolute Gasteiger partial charge is 0.246 e. The third-order valence-electron chi connectivity index (χ3n) is 8.34. The van der Waals surface area contributed by atoms with Crippen molar-refractivity contribution >= 4 is 23.4 Å². The monoisotopic (exact) mass is 497 g/mol. The van der Waals surface area contributed by atoms with Crippen LogP contribution in [0, 0.1) is 23.6 Å². The molecule has 36 heavy (non-hydrogen) atoms. The number of nitrogens with zero attached hydrogens (tertiary/aromatic N) is 1. The number of hydrogen-bond acceptors (Lipinski definition) is 4. The molecule has 2 saturated heterocycles. The first-order chi connectivity index (χ1) is 17.1. The Bertz CT molecular complexity index is 1070. The summed E-state index contributed by atoms with van der Waals surface area (Å²) in [4.78, 5) is 42.9. The maximum Gasteiger partial charge on any atom is 0.246 e. The van der Waals surface area contributed by atoms with E-state index in [-0.39, 0.29) is 23.8 Å². The molecule has 8 heteroatoms. The van der Waals surface area contributed by atoms with Crippen molar-refractivity contribution in [2.24, 2.45) is 17.8 Å². The highest BCUT2D eigenvalue weighted by molar-refractivity contribution is 6.03. The van der Waals surface area contributed by atoms with Gasteiger partial charge >= 0.3 is 0 Å². The van der Waals surface area contributed by atoms with Gasteiger partial charge in [-0.25, -0.2) is 4.39 Å². The van der Waals surface area contributed by atoms with Crippen LogP contribution in [0.5, 0.6) is 0 Å². The zero-order valence-electron chi connectivity index (χ0n) is 21.3. The van der Waals surface area contributed by atoms with E-state index in [1.807, 2.05) is 12.2 Å². The van der Waals surface area contributed by atoms with Crippen molar-refractivity contribution in [1.82, 2.24) is 10.2 Å². The molecule has 1 spiro atoms. The molecule has 2 N–H and O–H groups in total. The molecule has 7 nitrogen and oxygen atoms in total. The Balaban J connectivity index is 1.46. The van der Waals surface area contributed by atoms with Gasteiger partial charge in [-0.3, -0.25) is 14.4 Å². The largest absolute Gasteiger partial charge is 0.356 e. The zero-order valence-corrected chi connectivity index (χ0v) is 21.3. The number of amides is 3. The fourth-order valence-corrected chi connectivity index (χ4v) is 6.55. The van der Waals surface area contributed by atoms with Gasteiger partial charge in [0.05, 0.1) is 17.4 Å². The maximum atomic E-state index is 13.9. The molecule has 1 aromatic rings. The van der Waals surface area contributed by atoms with E-state index in [1.165, 1.54) is 30.7 Å². The lowest BCUT2D eigenvalue weighted by Gasteiger charge is -2.35. The summed E-state index contributed by atoms with van der Waals surface area (Å²) in [6.07, 6.45) is 9.64. The molecule has 5 rings (SSSR count). The Hall–Kier alpha value is -2.74. The van der Waals surface area contributed by atoms with Crippen molar-refractivity contribution < 1.29 is 23.5 Å². The van der Waals surface area contributed by atoms with E-state index in [0.29, 0.717) is 18.2 Å². The molecule has 0 unspecified atom stereocenters. The summed E-state index contributed by atoms with van der Waals surface area (Å²) < 4.78 is 19.9. The van der Waals surface area contributed by atoms with Crippen molar-refractivity contribution in [3.63, 3.8) is 0 Å². The normalized spacial score (nSPS) is 33.3. The number of hydrogen-bond donors (Lipinski definition) is 2. The number of anilines is 1. The van der Waals surface area contributed by atoms with Crippen molar-refractivity contribution in [3.8, 4) is 0 Å². The third-order valence-corrected chi connectivity index (χ3v) is 8.34. The lowest BCUT2D eigenvalue weighted by Crippen LogP contribution is -2.56. The van der Waals surface area contributed by atoms with Crippen molar-refractivity contribution in [3.05, 3.63) is 42.2 Å². The van der Waals surface area contributed by atoms with Crippen LogP contribution in [0.3, 0.4) is 0 Å². The number of rotatable bonds is 7. The lowest BCUT2D eigenvalue weighted by atomic mass is 9.70. The topological polar surface area (TPSA) is 87.7 Å². The van der Waals surface area contributed by atoms with Crippen LogP contribution >= 0.6 is 0 Å². The minimum absolute atomic E-state index is 0.0968. The highest BCUT2D eigenvalue weighted by Gasteiger charge is 2.76. The second-order valence-corrected chi connectivity index (χ2v) is 11.4. The van der Waals surface area contributed by atoms with Gasteiger partial charge in [0.2, 0.25) is 17.7 Å². The van der Waals surface area contributed by atoms with E-state index in [4.69, 9.17) is 4.74 Å². The van der Waals surface area contributed by atoms with Crippen LogP contribution in [0.1, 0.15) is 59.3 Å². The molecule has 3 fully saturated rings. The second-order valence-electron chi connectivity index (χ2n) is 11.4. The summed E-state index contributed by atoms with van der Waals surface area (Å²) in [7, 11) is 0. The minimum Gasteiger partial charge on any atom is -0.356 e. The van der Waals surface area contributed by atoms with Gasteiger partial charge in [0.15, 0.2) is 0 Å². The first-order valence-corrected chi connectivity index (χ1v) is 13.2. The predicted octanol–water partition coefficient (Wildman–Crippen LogP) is 3.80. The van der Waals surface area contributed by atoms with Crippen LogP contribution < -0.4 is 10.6 Å². The van der Waals surface area contributed by atoms with E-state index in [1.54, 1.807) is 11.8 Å². The van der Waals surface area contributed by atoms with Gasteiger partial charge in [0.25, 0.3) is 0 Å². The van der Waals surface area contributed by atoms with E-state index in [0.717, 1.165) is 32.1 Å². The fourth-order valence-electron chi connectivity index (χ4n) is 6.55. The molecule has 1 aliphatic carbocycles. The molecule has 0 aromatic heterocycles. The van der Waals surface area contributed by atoms with Gasteiger partial charge in [-0.2, -0.15) is 0 Å². The average molecular weight is 498 g/mol. The number of halogens is 1. The van der Waals surface area contributed by atoms with Gasteiger partial charge in [-0.1, -0.05) is 45.3 Å². The third kappa shape index (κ3) is 4.13. The number of carbonyl (C=O) groups excluding carboxylic acids is 3. The Morgan fingerprint density at radius 3 is 2.47 bits per heavy atom. The molecule has 3 amide bonds. The van der Waals surface area contributed by atoms with Crippen molar-refractivity contribution in [2.75, 3.05) is 11.9 Å². The fraction of sp³-hybridized carbons (Fsp3) is 0.607. The number of carbonyl (C=O) groups is 3. The molecular formula is C28H36FN3O4. The summed E-state index contributed by atoms with van der Waals surface area (Å²) in [5, 5.41) is 6.04. The van der Waals surface area contributed by atoms with E-state index in [9.17, 15) is 18.8 Å². The van der Waals surface area contributed by atoms with E-state index < -0.39 is 34.9 Å². The molecule has 1 aromatic carbocycles. The van der Waals surface area contributed by atoms with Crippen LogP contribution in [-0.4, -0.2) is 52.5 Å². The zero-order chi connectivity index (χ0) is 25.7. The first-order valence-electron chi connectivity index (χ1n) is 13.2. The van der Waals surface area contributed by atoms with Crippen LogP contribution in [0.4, 0.5) is 10.1 Å². The summed E-state index contributed by atoms with van der Waals surface area (Å²) in [6.45, 7) is 6.39. The SMILES string of the molecule is CC(C)CCN1C(=O)[C@H]2[C@@H](C(=O)Nc3ccc(F)cc3)[C@@]3(C)C=C[C@@]2(O3)[C@H]1C(=O)NC1CCCCC1.